The van der Waals surface area contributed by atoms with Gasteiger partial charge in [-0.2, -0.15) is 11.9 Å². The predicted octanol–water partition coefficient (Wildman–Crippen LogP) is 7.92. The Morgan fingerprint density at radius 3 is 2.51 bits per heavy atom. The standard InChI is InChI=1S/C43H66N3O5/c1-3-5-7-12-31-15-16-32(39(48)24-31)13-8-6-9-14-37(41(49)50)38(47)17-21-43(51)28-35(25-34(43)26-36-23-30(4-2)29-46-36)42(19-10-11-20-42)33-18-22-45-40(44)27-33/h15-16,18,22-23,27,29,31-32,34-35,37-39,47-48,51H,3-14,17,19-21,24-26,28H2,1-2H3,(H2,44,45)(H,49,50)/q-1/t31-,32-,34+,35-,37+,38-,39-,43+/m1/s1. The van der Waals surface area contributed by atoms with E-state index in [9.17, 15) is 25.2 Å². The number of nitrogens with zero attached hydrogens (tertiary/aromatic N) is 2. The number of anilines is 1. The fraction of sp³-hybridized carbons (Fsp3) is 0.721. The fourth-order valence-corrected chi connectivity index (χ4v) is 10.1. The lowest BCUT2D eigenvalue weighted by molar-refractivity contribution is -0.146. The van der Waals surface area contributed by atoms with Crippen molar-refractivity contribution in [3.05, 3.63) is 59.6 Å². The molecular weight excluding hydrogens is 638 g/mol. The summed E-state index contributed by atoms with van der Waals surface area (Å²) in [7, 11) is 0. The van der Waals surface area contributed by atoms with Crippen molar-refractivity contribution >= 4 is 11.8 Å². The molecule has 51 heavy (non-hydrogen) atoms. The Labute approximate surface area is 306 Å². The highest BCUT2D eigenvalue weighted by molar-refractivity contribution is 5.70. The molecule has 0 aromatic carbocycles. The van der Waals surface area contributed by atoms with Crippen LogP contribution in [0, 0.1) is 29.6 Å². The number of nitrogen functional groups attached to an aromatic ring is 1. The van der Waals surface area contributed by atoms with Crippen LogP contribution in [0.5, 0.6) is 0 Å². The Kier molecular flexibility index (Phi) is 14.2. The molecule has 8 nitrogen and oxygen atoms in total. The van der Waals surface area contributed by atoms with E-state index in [-0.39, 0.29) is 35.7 Å². The number of allylic oxidation sites excluding steroid dienone is 1. The molecule has 2 aromatic rings. The summed E-state index contributed by atoms with van der Waals surface area (Å²) >= 11 is 0. The average Bonchev–Trinajstić information content (AvgIpc) is 3.86. The molecule has 284 valence electrons. The lowest BCUT2D eigenvalue weighted by atomic mass is 9.67. The average molecular weight is 705 g/mol. The first-order valence-electron chi connectivity index (χ1n) is 20.4. The first-order chi connectivity index (χ1) is 24.6. The molecule has 0 spiro atoms. The van der Waals surface area contributed by atoms with E-state index in [1.807, 2.05) is 12.3 Å². The van der Waals surface area contributed by atoms with Crippen molar-refractivity contribution in [3.8, 4) is 0 Å². The Morgan fingerprint density at radius 1 is 1.04 bits per heavy atom. The summed E-state index contributed by atoms with van der Waals surface area (Å²) < 4.78 is 0. The van der Waals surface area contributed by atoms with Crippen molar-refractivity contribution in [3.63, 3.8) is 0 Å². The molecular formula is C43H66N3O5-. The van der Waals surface area contributed by atoms with E-state index in [4.69, 9.17) is 10.7 Å². The van der Waals surface area contributed by atoms with Crippen LogP contribution in [0.3, 0.4) is 0 Å². The third-order valence-electron chi connectivity index (χ3n) is 13.2. The molecule has 6 N–H and O–H groups in total. The number of carboxylic acids is 1. The molecule has 0 bridgehead atoms. The number of aliphatic carboxylic acids is 1. The largest absolute Gasteiger partial charge is 0.667 e. The van der Waals surface area contributed by atoms with Gasteiger partial charge in [0.2, 0.25) is 0 Å². The van der Waals surface area contributed by atoms with Crippen LogP contribution in [0.2, 0.25) is 0 Å². The van der Waals surface area contributed by atoms with Gasteiger partial charge >= 0.3 is 5.97 Å². The van der Waals surface area contributed by atoms with E-state index in [2.05, 4.69) is 43.1 Å². The van der Waals surface area contributed by atoms with Gasteiger partial charge in [0.15, 0.2) is 0 Å². The number of carbonyl (C=O) groups is 1. The molecule has 2 saturated carbocycles. The van der Waals surface area contributed by atoms with E-state index >= 15 is 0 Å². The number of aromatic nitrogens is 2. The molecule has 5 rings (SSSR count). The van der Waals surface area contributed by atoms with Gasteiger partial charge in [-0.1, -0.05) is 89.0 Å². The first kappa shape index (κ1) is 39.5. The number of pyridine rings is 1. The molecule has 8 atom stereocenters. The number of carboxylic acid groups (broad SMARTS) is 1. The van der Waals surface area contributed by atoms with E-state index < -0.39 is 23.6 Å². The zero-order valence-electron chi connectivity index (χ0n) is 31.4. The van der Waals surface area contributed by atoms with Crippen molar-refractivity contribution < 1.29 is 25.2 Å². The molecule has 2 heterocycles. The minimum Gasteiger partial charge on any atom is -0.667 e. The van der Waals surface area contributed by atoms with E-state index in [0.717, 1.165) is 82.7 Å². The second kappa shape index (κ2) is 18.4. The van der Waals surface area contributed by atoms with Crippen molar-refractivity contribution in [2.45, 2.75) is 165 Å². The van der Waals surface area contributed by atoms with Crippen LogP contribution < -0.4 is 10.7 Å². The highest BCUT2D eigenvalue weighted by Gasteiger charge is 2.54. The molecule has 0 unspecified atom stereocenters. The van der Waals surface area contributed by atoms with Crippen LogP contribution in [0.25, 0.3) is 0 Å². The van der Waals surface area contributed by atoms with Gasteiger partial charge < -0.3 is 31.1 Å². The highest BCUT2D eigenvalue weighted by atomic mass is 16.4. The number of hydrogen-bond donors (Lipinski definition) is 5. The van der Waals surface area contributed by atoms with Gasteiger partial charge in [-0.25, -0.2) is 4.98 Å². The van der Waals surface area contributed by atoms with Crippen LogP contribution in [0.1, 0.15) is 146 Å². The molecule has 0 amide bonds. The molecule has 2 fully saturated rings. The predicted molar refractivity (Wildman–Crippen MR) is 203 cm³/mol. The summed E-state index contributed by atoms with van der Waals surface area (Å²) in [5.74, 6) is -0.446. The van der Waals surface area contributed by atoms with Gasteiger partial charge in [0.1, 0.15) is 5.82 Å². The fourth-order valence-electron chi connectivity index (χ4n) is 10.1. The minimum absolute atomic E-state index is 0.0370. The summed E-state index contributed by atoms with van der Waals surface area (Å²) in [4.78, 5) is 21.3. The van der Waals surface area contributed by atoms with Gasteiger partial charge in [0.05, 0.1) is 23.7 Å². The summed E-state index contributed by atoms with van der Waals surface area (Å²) in [6.45, 7) is 4.33. The third kappa shape index (κ3) is 10.1. The normalized spacial score (nSPS) is 28.6. The number of aliphatic hydroxyl groups excluding tert-OH is 2. The van der Waals surface area contributed by atoms with Gasteiger partial charge in [0, 0.05) is 12.1 Å². The smallest absolute Gasteiger partial charge is 0.309 e. The van der Waals surface area contributed by atoms with E-state index in [1.165, 1.54) is 30.4 Å². The van der Waals surface area contributed by atoms with Crippen molar-refractivity contribution in [1.29, 1.82) is 0 Å². The van der Waals surface area contributed by atoms with E-state index in [0.29, 0.717) is 37.4 Å². The van der Waals surface area contributed by atoms with Gasteiger partial charge in [-0.3, -0.25) is 4.79 Å². The number of unbranched alkanes of at least 4 members (excludes halogenated alkanes) is 4. The molecule has 3 aliphatic carbocycles. The highest BCUT2D eigenvalue weighted by Crippen LogP contribution is 2.57. The summed E-state index contributed by atoms with van der Waals surface area (Å²) in [5.41, 5.74) is 8.47. The first-order valence-corrected chi connectivity index (χ1v) is 20.4. The number of nitrogens with two attached hydrogens (primary N) is 1. The van der Waals surface area contributed by atoms with Crippen LogP contribution in [-0.2, 0) is 23.1 Å². The number of hydrogen-bond acceptors (Lipinski definition) is 6. The number of aliphatic hydroxyl groups is 3. The Morgan fingerprint density at radius 2 is 1.82 bits per heavy atom. The van der Waals surface area contributed by atoms with Crippen LogP contribution in [0.15, 0.2) is 42.7 Å². The van der Waals surface area contributed by atoms with Crippen molar-refractivity contribution in [1.82, 2.24) is 9.97 Å². The zero-order valence-corrected chi connectivity index (χ0v) is 31.4. The lowest BCUT2D eigenvalue weighted by Gasteiger charge is -2.37. The molecule has 8 heteroatoms. The molecule has 2 aromatic heterocycles. The Bertz CT molecular complexity index is 1400. The van der Waals surface area contributed by atoms with Crippen LogP contribution in [0.4, 0.5) is 5.82 Å². The number of aryl methyl sites for hydroxylation is 1. The SMILES string of the molecule is CCCCC[C@@H]1C=C[C@@H](CCCCC[C@H](C(=O)O)[C@H](O)CC[C@]2(O)C[C@H](C3(c4ccnc(N)c4)CCCC3)C[C@H]2Cc2cc(CC)c[n-]2)[C@H](O)C1. The van der Waals surface area contributed by atoms with Crippen molar-refractivity contribution in [2.75, 3.05) is 5.73 Å². The van der Waals surface area contributed by atoms with Gasteiger partial charge in [0.25, 0.3) is 0 Å². The third-order valence-corrected chi connectivity index (χ3v) is 13.2. The molecule has 0 saturated heterocycles. The van der Waals surface area contributed by atoms with Crippen LogP contribution in [-0.4, -0.2) is 49.2 Å². The second-order valence-electron chi connectivity index (χ2n) is 16.6. The summed E-state index contributed by atoms with van der Waals surface area (Å²) in [6.07, 6.45) is 24.5. The summed E-state index contributed by atoms with van der Waals surface area (Å²) in [5, 5.41) is 44.7. The quantitative estimate of drug-likeness (QED) is 0.0689. The maximum absolute atomic E-state index is 12.5. The maximum Gasteiger partial charge on any atom is 0.309 e. The Hall–Kier alpha value is -2.68. The minimum atomic E-state index is -1.03. The molecule has 0 radical (unpaired) electrons. The van der Waals surface area contributed by atoms with E-state index in [1.54, 1.807) is 6.20 Å². The molecule has 3 aliphatic rings. The van der Waals surface area contributed by atoms with Gasteiger partial charge in [-0.05, 0) is 118 Å². The van der Waals surface area contributed by atoms with Gasteiger partial charge in [-0.15, -0.1) is 0 Å². The topological polar surface area (TPSA) is 151 Å². The van der Waals surface area contributed by atoms with Crippen molar-refractivity contribution in [2.24, 2.45) is 29.6 Å². The second-order valence-corrected chi connectivity index (χ2v) is 16.6. The zero-order chi connectivity index (χ0) is 36.4. The number of rotatable bonds is 20. The van der Waals surface area contributed by atoms with Crippen LogP contribution >= 0.6 is 0 Å². The Balaban J connectivity index is 1.18. The maximum atomic E-state index is 12.5. The monoisotopic (exact) mass is 705 g/mol. The molecule has 0 aliphatic heterocycles. The summed E-state index contributed by atoms with van der Waals surface area (Å²) in [6, 6.07) is 6.26. The lowest BCUT2D eigenvalue weighted by Crippen LogP contribution is -2.38.